The molecular formula is C29H30ClN9O5. The Morgan fingerprint density at radius 2 is 1.86 bits per heavy atom. The molecule has 0 radical (unpaired) electrons. The summed E-state index contributed by atoms with van der Waals surface area (Å²) in [5, 5.41) is 26.5. The molecule has 14 nitrogen and oxygen atoms in total. The van der Waals surface area contributed by atoms with Crippen LogP contribution in [0, 0.1) is 5.41 Å². The number of nitrogens with zero attached hydrogens (tertiary/aromatic N) is 5. The van der Waals surface area contributed by atoms with Gasteiger partial charge in [-0.2, -0.15) is 9.78 Å². The van der Waals surface area contributed by atoms with Crippen LogP contribution in [0.2, 0.25) is 5.02 Å². The maximum absolute atomic E-state index is 13.2. The van der Waals surface area contributed by atoms with Crippen molar-refractivity contribution in [1.82, 2.24) is 41.0 Å². The predicted octanol–water partition coefficient (Wildman–Crippen LogP) is 3.28. The van der Waals surface area contributed by atoms with Crippen molar-refractivity contribution in [2.75, 3.05) is 19.0 Å². The van der Waals surface area contributed by atoms with E-state index in [1.807, 2.05) is 0 Å². The quantitative estimate of drug-likeness (QED) is 0.204. The fourth-order valence-corrected chi connectivity index (χ4v) is 4.11. The van der Waals surface area contributed by atoms with Gasteiger partial charge in [-0.15, -0.1) is 5.10 Å². The van der Waals surface area contributed by atoms with E-state index in [-0.39, 0.29) is 18.0 Å². The molecule has 0 saturated carbocycles. The van der Waals surface area contributed by atoms with Crippen molar-refractivity contribution in [3.05, 3.63) is 87.6 Å². The fourth-order valence-electron chi connectivity index (χ4n) is 3.93. The van der Waals surface area contributed by atoms with Gasteiger partial charge in [0.15, 0.2) is 0 Å². The lowest BCUT2D eigenvalue weighted by molar-refractivity contribution is -0.128. The molecule has 2 aromatic heterocycles. The number of amides is 3. The van der Waals surface area contributed by atoms with E-state index in [0.29, 0.717) is 33.2 Å². The lowest BCUT2D eigenvalue weighted by atomic mass is 9.95. The average Bonchev–Trinajstić information content (AvgIpc) is 3.53. The third-order valence-electron chi connectivity index (χ3n) is 6.27. The number of anilines is 1. The molecule has 0 bridgehead atoms. The molecule has 0 aliphatic carbocycles. The Kier molecular flexibility index (Phi) is 9.85. The lowest BCUT2D eigenvalue weighted by Gasteiger charge is -2.22. The highest BCUT2D eigenvalue weighted by molar-refractivity contribution is 6.30. The zero-order valence-corrected chi connectivity index (χ0v) is 25.0. The molecule has 0 aliphatic rings. The summed E-state index contributed by atoms with van der Waals surface area (Å²) in [6, 6.07) is 12.3. The zero-order chi connectivity index (χ0) is 31.9. The van der Waals surface area contributed by atoms with E-state index >= 15 is 0 Å². The SMILES string of the molecule is COC(=O)Nc1ccc(-c2cc(C(CNC(=O)C(C)(C)C)NC(=O)/C=C/c3cc(Cl)ccc3-n3cnnn3)n[nH]c2=O)cc1. The molecule has 15 heteroatoms. The second-order valence-electron chi connectivity index (χ2n) is 10.5. The van der Waals surface area contributed by atoms with Crippen LogP contribution in [-0.2, 0) is 14.3 Å². The van der Waals surface area contributed by atoms with Crippen LogP contribution < -0.4 is 21.5 Å². The van der Waals surface area contributed by atoms with Gasteiger partial charge in [-0.3, -0.25) is 19.7 Å². The Labute approximate surface area is 256 Å². The molecule has 0 aliphatic heterocycles. The highest BCUT2D eigenvalue weighted by Gasteiger charge is 2.24. The Bertz CT molecular complexity index is 1730. The smallest absolute Gasteiger partial charge is 0.411 e. The number of hydrogen-bond donors (Lipinski definition) is 4. The molecule has 4 rings (SSSR count). The van der Waals surface area contributed by atoms with E-state index in [2.05, 4.69) is 46.4 Å². The van der Waals surface area contributed by atoms with Gasteiger partial charge >= 0.3 is 6.09 Å². The summed E-state index contributed by atoms with van der Waals surface area (Å²) in [6.45, 7) is 5.28. The highest BCUT2D eigenvalue weighted by Crippen LogP contribution is 2.23. The topological polar surface area (TPSA) is 186 Å². The van der Waals surface area contributed by atoms with Crippen LogP contribution in [-0.4, -0.2) is 62.0 Å². The maximum Gasteiger partial charge on any atom is 0.411 e. The number of aromatic nitrogens is 6. The lowest BCUT2D eigenvalue weighted by Crippen LogP contribution is -2.42. The summed E-state index contributed by atoms with van der Waals surface area (Å²) in [5.74, 6) is -0.744. The van der Waals surface area contributed by atoms with E-state index in [4.69, 9.17) is 11.6 Å². The largest absolute Gasteiger partial charge is 0.453 e. The van der Waals surface area contributed by atoms with Crippen LogP contribution in [0.25, 0.3) is 22.9 Å². The summed E-state index contributed by atoms with van der Waals surface area (Å²) in [5.41, 5.74) is 1.58. The van der Waals surface area contributed by atoms with Gasteiger partial charge in [-0.25, -0.2) is 9.89 Å². The number of halogens is 1. The van der Waals surface area contributed by atoms with Gasteiger partial charge in [-0.1, -0.05) is 44.5 Å². The van der Waals surface area contributed by atoms with Gasteiger partial charge in [-0.05, 0) is 58.5 Å². The Morgan fingerprint density at radius 3 is 2.52 bits per heavy atom. The first kappa shape index (κ1) is 31.6. The number of carbonyl (C=O) groups is 3. The summed E-state index contributed by atoms with van der Waals surface area (Å²) in [4.78, 5) is 50.1. The summed E-state index contributed by atoms with van der Waals surface area (Å²) < 4.78 is 6.03. The maximum atomic E-state index is 13.2. The molecule has 0 saturated heterocycles. The Hall–Kier alpha value is -5.37. The molecule has 228 valence electrons. The standard InChI is InChI=1S/C29H30ClN9O5/c1-29(2,3)27(42)31-15-23(34-25(40)12-7-18-13-19(30)8-11-24(18)39-16-32-37-38-39)22-14-21(26(41)36-35-22)17-5-9-20(10-6-17)33-28(43)44-4/h5-14,16,23H,15H2,1-4H3,(H,31,42)(H,33,43)(H,34,40)(H,36,41)/b12-7+. The van der Waals surface area contributed by atoms with Crippen molar-refractivity contribution >= 4 is 41.3 Å². The monoisotopic (exact) mass is 619 g/mol. The van der Waals surface area contributed by atoms with Crippen LogP contribution in [0.4, 0.5) is 10.5 Å². The van der Waals surface area contributed by atoms with E-state index in [9.17, 15) is 19.2 Å². The molecule has 0 spiro atoms. The van der Waals surface area contributed by atoms with Crippen LogP contribution in [0.5, 0.6) is 0 Å². The normalized spacial score (nSPS) is 12.0. The number of carbonyl (C=O) groups excluding carboxylic acids is 3. The number of H-pyrrole nitrogens is 1. The second kappa shape index (κ2) is 13.7. The summed E-state index contributed by atoms with van der Waals surface area (Å²) >= 11 is 6.18. The number of tetrazole rings is 1. The van der Waals surface area contributed by atoms with Crippen molar-refractivity contribution in [2.24, 2.45) is 5.41 Å². The number of ether oxygens (including phenoxy) is 1. The molecule has 4 N–H and O–H groups in total. The van der Waals surface area contributed by atoms with Crippen molar-refractivity contribution in [3.63, 3.8) is 0 Å². The molecule has 1 atom stereocenters. The molecule has 44 heavy (non-hydrogen) atoms. The first-order valence-corrected chi connectivity index (χ1v) is 13.7. The zero-order valence-electron chi connectivity index (χ0n) is 24.3. The van der Waals surface area contributed by atoms with Crippen molar-refractivity contribution in [2.45, 2.75) is 26.8 Å². The van der Waals surface area contributed by atoms with E-state index in [1.54, 1.807) is 69.3 Å². The molecule has 3 amide bonds. The molecular weight excluding hydrogens is 590 g/mol. The third-order valence-corrected chi connectivity index (χ3v) is 6.51. The van der Waals surface area contributed by atoms with Crippen molar-refractivity contribution in [1.29, 1.82) is 0 Å². The minimum Gasteiger partial charge on any atom is -0.453 e. The number of benzene rings is 2. The van der Waals surface area contributed by atoms with E-state index in [0.717, 1.165) is 0 Å². The highest BCUT2D eigenvalue weighted by atomic mass is 35.5. The van der Waals surface area contributed by atoms with Gasteiger partial charge in [0.25, 0.3) is 5.56 Å². The van der Waals surface area contributed by atoms with E-state index < -0.39 is 29.0 Å². The van der Waals surface area contributed by atoms with Crippen LogP contribution in [0.1, 0.15) is 38.1 Å². The number of rotatable bonds is 9. The van der Waals surface area contributed by atoms with Gasteiger partial charge in [0, 0.05) is 34.3 Å². The molecule has 1 unspecified atom stereocenters. The van der Waals surface area contributed by atoms with Crippen molar-refractivity contribution in [3.8, 4) is 16.8 Å². The first-order chi connectivity index (χ1) is 20.9. The third kappa shape index (κ3) is 8.13. The Balaban J connectivity index is 1.61. The minimum atomic E-state index is -0.826. The first-order valence-electron chi connectivity index (χ1n) is 13.3. The van der Waals surface area contributed by atoms with Crippen LogP contribution in [0.3, 0.4) is 0 Å². The Morgan fingerprint density at radius 1 is 1.11 bits per heavy atom. The minimum absolute atomic E-state index is 0.0107. The number of aromatic amines is 1. The number of hydrogen-bond acceptors (Lipinski definition) is 9. The number of methoxy groups -OCH3 is 1. The summed E-state index contributed by atoms with van der Waals surface area (Å²) in [7, 11) is 1.25. The average molecular weight is 620 g/mol. The predicted molar refractivity (Wildman–Crippen MR) is 163 cm³/mol. The number of nitrogens with one attached hydrogen (secondary N) is 4. The molecule has 4 aromatic rings. The van der Waals surface area contributed by atoms with Gasteiger partial charge in [0.05, 0.1) is 30.1 Å². The van der Waals surface area contributed by atoms with Gasteiger partial charge in [0.1, 0.15) is 6.33 Å². The van der Waals surface area contributed by atoms with Crippen molar-refractivity contribution < 1.29 is 19.1 Å². The van der Waals surface area contributed by atoms with E-state index in [1.165, 1.54) is 30.3 Å². The molecule has 0 fully saturated rings. The van der Waals surface area contributed by atoms with Crippen LogP contribution in [0.15, 0.2) is 65.7 Å². The fraction of sp³-hybridized carbons (Fsp3) is 0.241. The molecule has 2 heterocycles. The second-order valence-corrected chi connectivity index (χ2v) is 11.0. The molecule has 2 aromatic carbocycles. The van der Waals surface area contributed by atoms with Gasteiger partial charge < -0.3 is 15.4 Å². The van der Waals surface area contributed by atoms with Crippen LogP contribution >= 0.6 is 11.6 Å². The van der Waals surface area contributed by atoms with Gasteiger partial charge in [0.2, 0.25) is 11.8 Å². The summed E-state index contributed by atoms with van der Waals surface area (Å²) in [6.07, 6.45) is 3.64.